The highest BCUT2D eigenvalue weighted by Gasteiger charge is 2.31. The highest BCUT2D eigenvalue weighted by molar-refractivity contribution is 5.96. The minimum absolute atomic E-state index is 0.00606. The number of carbonyl (C=O) groups is 1. The van der Waals surface area contributed by atoms with Crippen molar-refractivity contribution in [1.29, 1.82) is 0 Å². The summed E-state index contributed by atoms with van der Waals surface area (Å²) in [6, 6.07) is 5.59. The van der Waals surface area contributed by atoms with Crippen LogP contribution in [0.5, 0.6) is 5.75 Å². The van der Waals surface area contributed by atoms with Gasteiger partial charge in [-0.05, 0) is 45.9 Å². The van der Waals surface area contributed by atoms with Gasteiger partial charge >= 0.3 is 0 Å². The Bertz CT molecular complexity index is 491. The molecule has 0 saturated carbocycles. The number of piperidine rings is 1. The molecule has 1 amide bonds. The third-order valence-corrected chi connectivity index (χ3v) is 4.25. The van der Waals surface area contributed by atoms with Crippen molar-refractivity contribution >= 4 is 5.91 Å². The lowest BCUT2D eigenvalue weighted by Crippen LogP contribution is -2.52. The standard InChI is InChI=1S/C16H24N2O2/c1-12-13(6-5-7-14(12)20-4)15(19)17-16(2)8-10-18(3)11-9-16/h5-7H,8-11H2,1-4H3,(H,17,19). The number of methoxy groups -OCH3 is 1. The van der Waals surface area contributed by atoms with Crippen molar-refractivity contribution in [2.24, 2.45) is 0 Å². The van der Waals surface area contributed by atoms with Crippen molar-refractivity contribution in [3.05, 3.63) is 29.3 Å². The van der Waals surface area contributed by atoms with Crippen molar-refractivity contribution in [2.75, 3.05) is 27.2 Å². The Hall–Kier alpha value is -1.55. The van der Waals surface area contributed by atoms with Gasteiger partial charge in [0.25, 0.3) is 5.91 Å². The first-order chi connectivity index (χ1) is 9.45. The first-order valence-electron chi connectivity index (χ1n) is 7.10. The molecule has 0 aromatic heterocycles. The van der Waals surface area contributed by atoms with Gasteiger partial charge in [0, 0.05) is 29.8 Å². The van der Waals surface area contributed by atoms with E-state index in [1.54, 1.807) is 7.11 Å². The number of benzene rings is 1. The Morgan fingerprint density at radius 3 is 2.60 bits per heavy atom. The minimum atomic E-state index is -0.112. The maximum absolute atomic E-state index is 12.5. The van der Waals surface area contributed by atoms with Gasteiger partial charge in [0.05, 0.1) is 7.11 Å². The normalized spacial score (nSPS) is 18.6. The molecule has 4 nitrogen and oxygen atoms in total. The first kappa shape index (κ1) is 14.9. The summed E-state index contributed by atoms with van der Waals surface area (Å²) >= 11 is 0. The fraction of sp³-hybridized carbons (Fsp3) is 0.562. The maximum Gasteiger partial charge on any atom is 0.252 e. The third kappa shape index (κ3) is 3.12. The van der Waals surface area contributed by atoms with E-state index in [0.717, 1.165) is 37.2 Å². The molecule has 20 heavy (non-hydrogen) atoms. The highest BCUT2D eigenvalue weighted by atomic mass is 16.5. The average molecular weight is 276 g/mol. The zero-order chi connectivity index (χ0) is 14.8. The van der Waals surface area contributed by atoms with Crippen LogP contribution in [0.1, 0.15) is 35.7 Å². The largest absolute Gasteiger partial charge is 0.496 e. The second-order valence-corrected chi connectivity index (χ2v) is 5.95. The van der Waals surface area contributed by atoms with Crippen LogP contribution in [0.15, 0.2) is 18.2 Å². The molecule has 1 aromatic rings. The summed E-state index contributed by atoms with van der Waals surface area (Å²) in [4.78, 5) is 14.8. The molecule has 1 fully saturated rings. The second-order valence-electron chi connectivity index (χ2n) is 5.95. The van der Waals surface area contributed by atoms with Gasteiger partial charge in [0.2, 0.25) is 0 Å². The van der Waals surface area contributed by atoms with Crippen LogP contribution in [0.25, 0.3) is 0 Å². The summed E-state index contributed by atoms with van der Waals surface area (Å²) in [5.74, 6) is 0.750. The van der Waals surface area contributed by atoms with Crippen LogP contribution in [-0.2, 0) is 0 Å². The Labute approximate surface area is 121 Å². The molecule has 1 saturated heterocycles. The molecule has 2 rings (SSSR count). The lowest BCUT2D eigenvalue weighted by molar-refractivity contribution is 0.0851. The van der Waals surface area contributed by atoms with E-state index in [0.29, 0.717) is 5.56 Å². The molecule has 0 bridgehead atoms. The second kappa shape index (κ2) is 5.83. The highest BCUT2D eigenvalue weighted by Crippen LogP contribution is 2.24. The van der Waals surface area contributed by atoms with Crippen LogP contribution in [0.2, 0.25) is 0 Å². The van der Waals surface area contributed by atoms with Gasteiger partial charge in [0.1, 0.15) is 5.75 Å². The summed E-state index contributed by atoms with van der Waals surface area (Å²) < 4.78 is 5.28. The van der Waals surface area contributed by atoms with E-state index in [1.165, 1.54) is 0 Å². The first-order valence-corrected chi connectivity index (χ1v) is 7.10. The number of hydrogen-bond donors (Lipinski definition) is 1. The fourth-order valence-electron chi connectivity index (χ4n) is 2.66. The van der Waals surface area contributed by atoms with Gasteiger partial charge < -0.3 is 15.0 Å². The molecule has 1 aromatic carbocycles. The van der Waals surface area contributed by atoms with Gasteiger partial charge in [-0.15, -0.1) is 0 Å². The van der Waals surface area contributed by atoms with Crippen LogP contribution in [0.4, 0.5) is 0 Å². The van der Waals surface area contributed by atoms with Crippen molar-refractivity contribution in [3.63, 3.8) is 0 Å². The van der Waals surface area contributed by atoms with Crippen LogP contribution in [-0.4, -0.2) is 43.6 Å². The number of amides is 1. The molecular weight excluding hydrogens is 252 g/mol. The molecule has 1 aliphatic heterocycles. The predicted molar refractivity (Wildman–Crippen MR) is 80.3 cm³/mol. The smallest absolute Gasteiger partial charge is 0.252 e. The summed E-state index contributed by atoms with van der Waals surface area (Å²) in [5, 5.41) is 3.20. The van der Waals surface area contributed by atoms with E-state index in [2.05, 4.69) is 24.2 Å². The van der Waals surface area contributed by atoms with Crippen molar-refractivity contribution in [1.82, 2.24) is 10.2 Å². The van der Waals surface area contributed by atoms with Crippen LogP contribution < -0.4 is 10.1 Å². The molecule has 0 atom stereocenters. The van der Waals surface area contributed by atoms with Crippen molar-refractivity contribution in [2.45, 2.75) is 32.2 Å². The summed E-state index contributed by atoms with van der Waals surface area (Å²) in [5.41, 5.74) is 1.48. The van der Waals surface area contributed by atoms with Gasteiger partial charge in [-0.2, -0.15) is 0 Å². The molecule has 1 heterocycles. The zero-order valence-corrected chi connectivity index (χ0v) is 12.8. The number of rotatable bonds is 3. The van der Waals surface area contributed by atoms with E-state index < -0.39 is 0 Å². The number of likely N-dealkylation sites (tertiary alicyclic amines) is 1. The van der Waals surface area contributed by atoms with Crippen LogP contribution >= 0.6 is 0 Å². The number of nitrogens with zero attached hydrogens (tertiary/aromatic N) is 1. The third-order valence-electron chi connectivity index (χ3n) is 4.25. The number of ether oxygens (including phenoxy) is 1. The molecule has 0 unspecified atom stereocenters. The monoisotopic (exact) mass is 276 g/mol. The average Bonchev–Trinajstić information content (AvgIpc) is 2.42. The molecule has 0 aliphatic carbocycles. The number of carbonyl (C=O) groups excluding carboxylic acids is 1. The van der Waals surface area contributed by atoms with E-state index >= 15 is 0 Å². The zero-order valence-electron chi connectivity index (χ0n) is 12.8. The Morgan fingerprint density at radius 2 is 2.00 bits per heavy atom. The summed E-state index contributed by atoms with van der Waals surface area (Å²) in [6.45, 7) is 6.10. The number of nitrogens with one attached hydrogen (secondary N) is 1. The molecule has 110 valence electrons. The predicted octanol–water partition coefficient (Wildman–Crippen LogP) is 2.22. The van der Waals surface area contributed by atoms with Gasteiger partial charge in [-0.25, -0.2) is 0 Å². The van der Waals surface area contributed by atoms with Crippen LogP contribution in [0, 0.1) is 6.92 Å². The Morgan fingerprint density at radius 1 is 1.35 bits per heavy atom. The Balaban J connectivity index is 2.12. The SMILES string of the molecule is COc1cccc(C(=O)NC2(C)CCN(C)CC2)c1C. The number of hydrogen-bond acceptors (Lipinski definition) is 3. The van der Waals surface area contributed by atoms with Gasteiger partial charge in [-0.1, -0.05) is 6.07 Å². The minimum Gasteiger partial charge on any atom is -0.496 e. The van der Waals surface area contributed by atoms with E-state index in [9.17, 15) is 4.79 Å². The van der Waals surface area contributed by atoms with Gasteiger partial charge in [0.15, 0.2) is 0 Å². The molecule has 1 N–H and O–H groups in total. The molecular formula is C16H24N2O2. The molecule has 4 heteroatoms. The van der Waals surface area contributed by atoms with E-state index in [1.807, 2.05) is 25.1 Å². The fourth-order valence-corrected chi connectivity index (χ4v) is 2.66. The van der Waals surface area contributed by atoms with Gasteiger partial charge in [-0.3, -0.25) is 4.79 Å². The van der Waals surface area contributed by atoms with E-state index in [-0.39, 0.29) is 11.4 Å². The summed E-state index contributed by atoms with van der Waals surface area (Å²) in [6.07, 6.45) is 1.97. The van der Waals surface area contributed by atoms with Crippen LogP contribution in [0.3, 0.4) is 0 Å². The molecule has 0 radical (unpaired) electrons. The lowest BCUT2D eigenvalue weighted by Gasteiger charge is -2.38. The van der Waals surface area contributed by atoms with Crippen molar-refractivity contribution < 1.29 is 9.53 Å². The maximum atomic E-state index is 12.5. The summed E-state index contributed by atoms with van der Waals surface area (Å²) in [7, 11) is 3.75. The molecule has 1 aliphatic rings. The lowest BCUT2D eigenvalue weighted by atomic mass is 9.89. The molecule has 0 spiro atoms. The quantitative estimate of drug-likeness (QED) is 0.920. The van der Waals surface area contributed by atoms with E-state index in [4.69, 9.17) is 4.74 Å². The Kier molecular flexibility index (Phi) is 4.33. The topological polar surface area (TPSA) is 41.6 Å². The van der Waals surface area contributed by atoms with Crippen molar-refractivity contribution in [3.8, 4) is 5.75 Å².